The van der Waals surface area contributed by atoms with Gasteiger partial charge in [0.25, 0.3) is 0 Å². The summed E-state index contributed by atoms with van der Waals surface area (Å²) in [6, 6.07) is 0.500. The summed E-state index contributed by atoms with van der Waals surface area (Å²) in [5.74, 6) is -0.381. The molecule has 1 N–H and O–H groups in total. The molecule has 0 saturated carbocycles. The van der Waals surface area contributed by atoms with Gasteiger partial charge in [0.05, 0.1) is 0 Å². The normalized spacial score (nSPS) is 27.4. The smallest absolute Gasteiger partial charge is 0.320 e. The van der Waals surface area contributed by atoms with Crippen molar-refractivity contribution in [2.24, 2.45) is 5.92 Å². The molecule has 0 aromatic heterocycles. The van der Waals surface area contributed by atoms with Crippen molar-refractivity contribution in [1.82, 2.24) is 9.80 Å². The molecule has 2 aliphatic rings. The summed E-state index contributed by atoms with van der Waals surface area (Å²) in [7, 11) is 0. The lowest BCUT2D eigenvalue weighted by atomic mass is 10.0. The molecule has 0 aliphatic carbocycles. The Morgan fingerprint density at radius 2 is 1.95 bits per heavy atom. The number of hydrogen-bond donors (Lipinski definition) is 1. The van der Waals surface area contributed by atoms with E-state index in [0.29, 0.717) is 18.4 Å². The van der Waals surface area contributed by atoms with Crippen LogP contribution < -0.4 is 0 Å². The Hall–Kier alpha value is -1.26. The highest BCUT2D eigenvalue weighted by Gasteiger charge is 2.31. The van der Waals surface area contributed by atoms with E-state index in [1.165, 1.54) is 12.8 Å². The van der Waals surface area contributed by atoms with Crippen LogP contribution in [0.3, 0.4) is 0 Å². The summed E-state index contributed by atoms with van der Waals surface area (Å²) >= 11 is 0. The molecule has 114 valence electrons. The van der Waals surface area contributed by atoms with Crippen molar-refractivity contribution in [2.45, 2.75) is 57.9 Å². The fourth-order valence-corrected chi connectivity index (χ4v) is 3.31. The molecule has 2 heterocycles. The standard InChI is InChI=1S/C15H26N2O3/c1-12-5-3-2-4-9-17(12)15(20)16-10-8-13(11-16)6-7-14(18)19/h12-13H,2-11H2,1H3,(H,18,19). The topological polar surface area (TPSA) is 60.9 Å². The van der Waals surface area contributed by atoms with Crippen LogP contribution in [0.2, 0.25) is 0 Å². The van der Waals surface area contributed by atoms with Crippen molar-refractivity contribution in [3.05, 3.63) is 0 Å². The number of likely N-dealkylation sites (tertiary alicyclic amines) is 2. The first-order valence-corrected chi connectivity index (χ1v) is 7.85. The third kappa shape index (κ3) is 3.87. The zero-order valence-corrected chi connectivity index (χ0v) is 12.4. The predicted molar refractivity (Wildman–Crippen MR) is 76.6 cm³/mol. The summed E-state index contributed by atoms with van der Waals surface area (Å²) in [5.41, 5.74) is 0. The minimum absolute atomic E-state index is 0.164. The predicted octanol–water partition coefficient (Wildman–Crippen LogP) is 2.56. The lowest BCUT2D eigenvalue weighted by Gasteiger charge is -2.31. The van der Waals surface area contributed by atoms with Crippen molar-refractivity contribution in [2.75, 3.05) is 19.6 Å². The Bertz CT molecular complexity index is 359. The zero-order chi connectivity index (χ0) is 14.5. The summed E-state index contributed by atoms with van der Waals surface area (Å²) in [5, 5.41) is 8.73. The quantitative estimate of drug-likeness (QED) is 0.865. The molecule has 2 saturated heterocycles. The summed E-state index contributed by atoms with van der Waals surface area (Å²) in [6.45, 7) is 4.53. The molecule has 2 unspecified atom stereocenters. The molecule has 5 nitrogen and oxygen atoms in total. The molecule has 20 heavy (non-hydrogen) atoms. The van der Waals surface area contributed by atoms with E-state index in [0.717, 1.165) is 38.9 Å². The molecule has 2 atom stereocenters. The summed E-state index contributed by atoms with van der Waals surface area (Å²) in [4.78, 5) is 27.1. The minimum Gasteiger partial charge on any atom is -0.481 e. The van der Waals surface area contributed by atoms with Crippen molar-refractivity contribution < 1.29 is 14.7 Å². The van der Waals surface area contributed by atoms with Crippen LogP contribution in [0.5, 0.6) is 0 Å². The first-order valence-electron chi connectivity index (χ1n) is 7.85. The molecule has 0 radical (unpaired) electrons. The number of carboxylic acids is 1. The van der Waals surface area contributed by atoms with Gasteiger partial charge in [0, 0.05) is 32.1 Å². The number of amides is 2. The molecule has 0 bridgehead atoms. The molecular formula is C15H26N2O3. The second kappa shape index (κ2) is 6.95. The minimum atomic E-state index is -0.740. The first-order chi connectivity index (χ1) is 9.58. The summed E-state index contributed by atoms with van der Waals surface area (Å²) < 4.78 is 0. The van der Waals surface area contributed by atoms with Gasteiger partial charge in [-0.15, -0.1) is 0 Å². The third-order valence-electron chi connectivity index (χ3n) is 4.62. The highest BCUT2D eigenvalue weighted by atomic mass is 16.4. The number of rotatable bonds is 3. The van der Waals surface area contributed by atoms with E-state index < -0.39 is 5.97 Å². The Morgan fingerprint density at radius 1 is 1.15 bits per heavy atom. The summed E-state index contributed by atoms with van der Waals surface area (Å²) in [6.07, 6.45) is 6.48. The van der Waals surface area contributed by atoms with Crippen LogP contribution in [0.25, 0.3) is 0 Å². The zero-order valence-electron chi connectivity index (χ0n) is 12.4. The van der Waals surface area contributed by atoms with E-state index in [1.54, 1.807) is 0 Å². The van der Waals surface area contributed by atoms with Gasteiger partial charge in [-0.3, -0.25) is 4.79 Å². The molecule has 5 heteroatoms. The van der Waals surface area contributed by atoms with Gasteiger partial charge in [0.2, 0.25) is 0 Å². The van der Waals surface area contributed by atoms with Gasteiger partial charge in [-0.2, -0.15) is 0 Å². The van der Waals surface area contributed by atoms with E-state index in [-0.39, 0.29) is 12.5 Å². The molecule has 0 aromatic rings. The molecule has 2 fully saturated rings. The van der Waals surface area contributed by atoms with E-state index >= 15 is 0 Å². The number of carbonyl (C=O) groups is 2. The number of urea groups is 1. The number of carbonyl (C=O) groups excluding carboxylic acids is 1. The SMILES string of the molecule is CC1CCCCCN1C(=O)N1CCC(CCC(=O)O)C1. The first kappa shape index (κ1) is 15.1. The second-order valence-corrected chi connectivity index (χ2v) is 6.21. The van der Waals surface area contributed by atoms with Crippen LogP contribution in [-0.4, -0.2) is 52.6 Å². The van der Waals surface area contributed by atoms with Crippen molar-refractivity contribution in [3.8, 4) is 0 Å². The number of hydrogen-bond acceptors (Lipinski definition) is 2. The molecule has 2 aliphatic heterocycles. The molecule has 2 rings (SSSR count). The molecule has 0 aromatic carbocycles. The Balaban J connectivity index is 1.85. The van der Waals surface area contributed by atoms with Gasteiger partial charge in [-0.05, 0) is 38.5 Å². The van der Waals surface area contributed by atoms with Gasteiger partial charge in [0.15, 0.2) is 0 Å². The van der Waals surface area contributed by atoms with Crippen molar-refractivity contribution in [3.63, 3.8) is 0 Å². The van der Waals surface area contributed by atoms with Gasteiger partial charge < -0.3 is 14.9 Å². The molecule has 0 spiro atoms. The average Bonchev–Trinajstić information content (AvgIpc) is 2.78. The van der Waals surface area contributed by atoms with Crippen LogP contribution in [-0.2, 0) is 4.79 Å². The van der Waals surface area contributed by atoms with E-state index in [4.69, 9.17) is 5.11 Å². The van der Waals surface area contributed by atoms with Crippen molar-refractivity contribution >= 4 is 12.0 Å². The van der Waals surface area contributed by atoms with Gasteiger partial charge >= 0.3 is 12.0 Å². The van der Waals surface area contributed by atoms with E-state index in [9.17, 15) is 9.59 Å². The third-order valence-corrected chi connectivity index (χ3v) is 4.62. The lowest BCUT2D eigenvalue weighted by molar-refractivity contribution is -0.137. The maximum Gasteiger partial charge on any atom is 0.320 e. The highest BCUT2D eigenvalue weighted by Crippen LogP contribution is 2.24. The Kier molecular flexibility index (Phi) is 5.26. The van der Waals surface area contributed by atoms with Crippen LogP contribution in [0.15, 0.2) is 0 Å². The maximum atomic E-state index is 12.6. The number of carboxylic acid groups (broad SMARTS) is 1. The van der Waals surface area contributed by atoms with Crippen LogP contribution in [0.4, 0.5) is 4.79 Å². The van der Waals surface area contributed by atoms with Gasteiger partial charge in [-0.1, -0.05) is 12.8 Å². The van der Waals surface area contributed by atoms with Gasteiger partial charge in [-0.25, -0.2) is 4.79 Å². The fourth-order valence-electron chi connectivity index (χ4n) is 3.31. The second-order valence-electron chi connectivity index (χ2n) is 6.21. The fraction of sp³-hybridized carbons (Fsp3) is 0.867. The lowest BCUT2D eigenvalue weighted by Crippen LogP contribution is -2.46. The molecular weight excluding hydrogens is 256 g/mol. The van der Waals surface area contributed by atoms with E-state index in [1.807, 2.05) is 9.80 Å². The monoisotopic (exact) mass is 282 g/mol. The average molecular weight is 282 g/mol. The number of aliphatic carboxylic acids is 1. The van der Waals surface area contributed by atoms with Crippen LogP contribution in [0.1, 0.15) is 51.9 Å². The van der Waals surface area contributed by atoms with Crippen LogP contribution >= 0.6 is 0 Å². The van der Waals surface area contributed by atoms with Gasteiger partial charge in [0.1, 0.15) is 0 Å². The van der Waals surface area contributed by atoms with E-state index in [2.05, 4.69) is 6.92 Å². The highest BCUT2D eigenvalue weighted by molar-refractivity contribution is 5.75. The van der Waals surface area contributed by atoms with Crippen molar-refractivity contribution in [1.29, 1.82) is 0 Å². The van der Waals surface area contributed by atoms with Crippen LogP contribution in [0, 0.1) is 5.92 Å². The largest absolute Gasteiger partial charge is 0.481 e. The number of nitrogens with zero attached hydrogens (tertiary/aromatic N) is 2. The molecule has 2 amide bonds. The Labute approximate surface area is 120 Å². The maximum absolute atomic E-state index is 12.6. The Morgan fingerprint density at radius 3 is 2.70 bits per heavy atom.